The van der Waals surface area contributed by atoms with Gasteiger partial charge in [0.2, 0.25) is 0 Å². The van der Waals surface area contributed by atoms with E-state index in [1.807, 2.05) is 6.07 Å². The van der Waals surface area contributed by atoms with Crippen molar-refractivity contribution >= 4 is 21.6 Å². The summed E-state index contributed by atoms with van der Waals surface area (Å²) in [6.45, 7) is 3.34. The van der Waals surface area contributed by atoms with Crippen molar-refractivity contribution < 1.29 is 0 Å². The molecule has 0 heterocycles. The van der Waals surface area contributed by atoms with Crippen LogP contribution in [0.15, 0.2) is 30.3 Å². The Bertz CT molecular complexity index is 235. The highest BCUT2D eigenvalue weighted by atomic mass is 79.9. The van der Waals surface area contributed by atoms with E-state index in [0.717, 1.165) is 11.9 Å². The van der Waals surface area contributed by atoms with Crippen molar-refractivity contribution in [2.75, 3.05) is 23.8 Å². The third-order valence-corrected chi connectivity index (χ3v) is 3.15. The van der Waals surface area contributed by atoms with Gasteiger partial charge in [-0.05, 0) is 18.1 Å². The number of rotatable bonds is 4. The predicted octanol–water partition coefficient (Wildman–Crippen LogP) is 3.15. The minimum atomic E-state index is 0.685. The molecule has 0 N–H and O–H groups in total. The lowest BCUT2D eigenvalue weighted by Gasteiger charge is -2.22. The van der Waals surface area contributed by atoms with Gasteiger partial charge < -0.3 is 4.90 Å². The van der Waals surface area contributed by atoms with E-state index in [4.69, 9.17) is 0 Å². The van der Waals surface area contributed by atoms with Crippen molar-refractivity contribution in [2.24, 2.45) is 5.92 Å². The van der Waals surface area contributed by atoms with E-state index < -0.39 is 0 Å². The fourth-order valence-corrected chi connectivity index (χ4v) is 1.51. The first-order valence-electron chi connectivity index (χ1n) is 4.56. The number of halogens is 1. The Hall–Kier alpha value is -0.500. The van der Waals surface area contributed by atoms with Gasteiger partial charge in [-0.25, -0.2) is 0 Å². The van der Waals surface area contributed by atoms with Gasteiger partial charge in [0, 0.05) is 24.6 Å². The average Bonchev–Trinajstić information content (AvgIpc) is 2.19. The SMILES string of the molecule is CC(CBr)CN(C)c1ccccc1. The molecule has 0 saturated carbocycles. The quantitative estimate of drug-likeness (QED) is 0.733. The Labute approximate surface area is 88.9 Å². The molecule has 1 aromatic rings. The maximum atomic E-state index is 3.49. The summed E-state index contributed by atoms with van der Waals surface area (Å²) < 4.78 is 0. The molecule has 0 aliphatic rings. The first-order chi connectivity index (χ1) is 6.24. The first-order valence-corrected chi connectivity index (χ1v) is 5.68. The highest BCUT2D eigenvalue weighted by molar-refractivity contribution is 9.09. The van der Waals surface area contributed by atoms with Crippen molar-refractivity contribution in [3.63, 3.8) is 0 Å². The maximum Gasteiger partial charge on any atom is 0.0363 e. The lowest BCUT2D eigenvalue weighted by Crippen LogP contribution is -2.24. The molecule has 0 fully saturated rings. The summed E-state index contributed by atoms with van der Waals surface area (Å²) >= 11 is 3.49. The van der Waals surface area contributed by atoms with E-state index in [1.54, 1.807) is 0 Å². The van der Waals surface area contributed by atoms with Crippen LogP contribution < -0.4 is 4.90 Å². The van der Waals surface area contributed by atoms with Gasteiger partial charge in [0.25, 0.3) is 0 Å². The highest BCUT2D eigenvalue weighted by Crippen LogP contribution is 2.13. The molecule has 0 aromatic heterocycles. The second kappa shape index (κ2) is 5.28. The standard InChI is InChI=1S/C11H16BrN/c1-10(8-12)9-13(2)11-6-4-3-5-7-11/h3-7,10H,8-9H2,1-2H3. The Morgan fingerprint density at radius 1 is 1.31 bits per heavy atom. The van der Waals surface area contributed by atoms with Gasteiger partial charge in [0.05, 0.1) is 0 Å². The molecule has 1 nitrogen and oxygen atoms in total. The molecule has 1 atom stereocenters. The Kier molecular flexibility index (Phi) is 4.29. The Morgan fingerprint density at radius 3 is 2.46 bits per heavy atom. The summed E-state index contributed by atoms with van der Waals surface area (Å²) in [6.07, 6.45) is 0. The van der Waals surface area contributed by atoms with Gasteiger partial charge in [-0.3, -0.25) is 0 Å². The first kappa shape index (κ1) is 10.6. The molecule has 1 aromatic carbocycles. The van der Waals surface area contributed by atoms with Crippen molar-refractivity contribution in [1.82, 2.24) is 0 Å². The van der Waals surface area contributed by atoms with Crippen LogP contribution in [-0.4, -0.2) is 18.9 Å². The van der Waals surface area contributed by atoms with Crippen LogP contribution in [0, 0.1) is 5.92 Å². The number of anilines is 1. The molecule has 0 spiro atoms. The smallest absolute Gasteiger partial charge is 0.0363 e. The van der Waals surface area contributed by atoms with Crippen molar-refractivity contribution in [1.29, 1.82) is 0 Å². The second-order valence-corrected chi connectivity index (χ2v) is 4.12. The summed E-state index contributed by atoms with van der Waals surface area (Å²) in [5.74, 6) is 0.685. The van der Waals surface area contributed by atoms with E-state index >= 15 is 0 Å². The lowest BCUT2D eigenvalue weighted by atomic mass is 10.2. The van der Waals surface area contributed by atoms with Crippen molar-refractivity contribution in [2.45, 2.75) is 6.92 Å². The molecule has 0 aliphatic carbocycles. The number of hydrogen-bond donors (Lipinski definition) is 0. The van der Waals surface area contributed by atoms with Crippen molar-refractivity contribution in [3.8, 4) is 0 Å². The normalized spacial score (nSPS) is 12.5. The summed E-state index contributed by atoms with van der Waals surface area (Å²) in [6, 6.07) is 10.5. The number of nitrogens with zero attached hydrogens (tertiary/aromatic N) is 1. The zero-order chi connectivity index (χ0) is 9.68. The third-order valence-electron chi connectivity index (χ3n) is 2.05. The lowest BCUT2D eigenvalue weighted by molar-refractivity contribution is 0.652. The number of benzene rings is 1. The van der Waals surface area contributed by atoms with Crippen LogP contribution in [0.3, 0.4) is 0 Å². The molecular weight excluding hydrogens is 226 g/mol. The summed E-state index contributed by atoms with van der Waals surface area (Å²) in [4.78, 5) is 2.28. The molecule has 0 aliphatic heterocycles. The van der Waals surface area contributed by atoms with Crippen LogP contribution in [0.5, 0.6) is 0 Å². The minimum absolute atomic E-state index is 0.685. The molecule has 0 saturated heterocycles. The summed E-state index contributed by atoms with van der Waals surface area (Å²) in [5, 5.41) is 1.06. The van der Waals surface area contributed by atoms with Crippen LogP contribution in [-0.2, 0) is 0 Å². The van der Waals surface area contributed by atoms with E-state index in [1.165, 1.54) is 5.69 Å². The van der Waals surface area contributed by atoms with Gasteiger partial charge in [-0.1, -0.05) is 41.1 Å². The largest absolute Gasteiger partial charge is 0.374 e. The van der Waals surface area contributed by atoms with Gasteiger partial charge in [0.1, 0.15) is 0 Å². The predicted molar refractivity (Wildman–Crippen MR) is 62.7 cm³/mol. The van der Waals surface area contributed by atoms with Gasteiger partial charge in [0.15, 0.2) is 0 Å². The molecule has 0 radical (unpaired) electrons. The number of para-hydroxylation sites is 1. The summed E-state index contributed by atoms with van der Waals surface area (Å²) in [5.41, 5.74) is 1.29. The van der Waals surface area contributed by atoms with E-state index in [2.05, 4.69) is 59.1 Å². The van der Waals surface area contributed by atoms with E-state index in [9.17, 15) is 0 Å². The fraction of sp³-hybridized carbons (Fsp3) is 0.455. The Balaban J connectivity index is 2.53. The van der Waals surface area contributed by atoms with E-state index in [0.29, 0.717) is 5.92 Å². The molecule has 0 bridgehead atoms. The molecule has 1 unspecified atom stereocenters. The second-order valence-electron chi connectivity index (χ2n) is 3.48. The molecule has 72 valence electrons. The fourth-order valence-electron chi connectivity index (χ4n) is 1.30. The third kappa shape index (κ3) is 3.39. The van der Waals surface area contributed by atoms with Crippen LogP contribution in [0.1, 0.15) is 6.92 Å². The molecule has 13 heavy (non-hydrogen) atoms. The van der Waals surface area contributed by atoms with E-state index in [-0.39, 0.29) is 0 Å². The van der Waals surface area contributed by atoms with Gasteiger partial charge in [-0.15, -0.1) is 0 Å². The van der Waals surface area contributed by atoms with Crippen LogP contribution >= 0.6 is 15.9 Å². The zero-order valence-electron chi connectivity index (χ0n) is 8.20. The molecule has 1 rings (SSSR count). The minimum Gasteiger partial charge on any atom is -0.374 e. The topological polar surface area (TPSA) is 3.24 Å². The van der Waals surface area contributed by atoms with Gasteiger partial charge in [-0.2, -0.15) is 0 Å². The zero-order valence-corrected chi connectivity index (χ0v) is 9.79. The average molecular weight is 242 g/mol. The molecule has 2 heteroatoms. The van der Waals surface area contributed by atoms with Crippen LogP contribution in [0.25, 0.3) is 0 Å². The van der Waals surface area contributed by atoms with Crippen molar-refractivity contribution in [3.05, 3.63) is 30.3 Å². The monoisotopic (exact) mass is 241 g/mol. The van der Waals surface area contributed by atoms with Crippen LogP contribution in [0.4, 0.5) is 5.69 Å². The number of hydrogen-bond acceptors (Lipinski definition) is 1. The van der Waals surface area contributed by atoms with Crippen LogP contribution in [0.2, 0.25) is 0 Å². The maximum absolute atomic E-state index is 3.49. The van der Waals surface area contributed by atoms with Gasteiger partial charge >= 0.3 is 0 Å². The summed E-state index contributed by atoms with van der Waals surface area (Å²) in [7, 11) is 2.13. The molecular formula is C11H16BrN. The highest BCUT2D eigenvalue weighted by Gasteiger charge is 2.04. The molecule has 0 amide bonds. The Morgan fingerprint density at radius 2 is 1.92 bits per heavy atom. The number of alkyl halides is 1.